The number of hydrogen-bond donors (Lipinski definition) is 3. The van der Waals surface area contributed by atoms with Crippen molar-refractivity contribution in [2.75, 3.05) is 39.6 Å². The lowest BCUT2D eigenvalue weighted by atomic mass is 10.0. The van der Waals surface area contributed by atoms with Gasteiger partial charge < -0.3 is 33.8 Å². The van der Waals surface area contributed by atoms with Gasteiger partial charge in [0.1, 0.15) is 19.3 Å². The van der Waals surface area contributed by atoms with Crippen molar-refractivity contribution in [1.29, 1.82) is 0 Å². The van der Waals surface area contributed by atoms with Gasteiger partial charge in [-0.25, -0.2) is 9.13 Å². The zero-order valence-corrected chi connectivity index (χ0v) is 70.8. The molecule has 3 N–H and O–H groups in total. The van der Waals surface area contributed by atoms with E-state index in [1.54, 1.807) is 0 Å². The summed E-state index contributed by atoms with van der Waals surface area (Å²) in [6.07, 6.45) is 69.6. The zero-order valence-electron chi connectivity index (χ0n) is 69.0. The molecule has 0 aliphatic heterocycles. The van der Waals surface area contributed by atoms with Crippen molar-refractivity contribution in [2.24, 2.45) is 11.8 Å². The van der Waals surface area contributed by atoms with Crippen LogP contribution in [-0.2, 0) is 65.4 Å². The minimum absolute atomic E-state index is 0.107. The predicted molar refractivity (Wildman–Crippen MR) is 432 cm³/mol. The fourth-order valence-corrected chi connectivity index (χ4v) is 15.0. The minimum atomic E-state index is -4.97. The summed E-state index contributed by atoms with van der Waals surface area (Å²) in [6.45, 7) is 9.64. The van der Waals surface area contributed by atoms with E-state index in [0.29, 0.717) is 31.6 Å². The topological polar surface area (TPSA) is 237 Å². The molecule has 0 rings (SSSR count). The van der Waals surface area contributed by atoms with Crippen molar-refractivity contribution in [2.45, 2.75) is 477 Å². The van der Waals surface area contributed by atoms with Gasteiger partial charge in [-0.1, -0.05) is 408 Å². The van der Waals surface area contributed by atoms with Gasteiger partial charge in [0, 0.05) is 25.7 Å². The van der Waals surface area contributed by atoms with Crippen molar-refractivity contribution in [1.82, 2.24) is 0 Å². The first-order valence-corrected chi connectivity index (χ1v) is 47.5. The normalized spacial score (nSPS) is 13.8. The molecule has 0 amide bonds. The molecule has 0 fully saturated rings. The second kappa shape index (κ2) is 77.4. The number of esters is 4. The highest BCUT2D eigenvalue weighted by molar-refractivity contribution is 7.47. The van der Waals surface area contributed by atoms with Crippen LogP contribution in [0.5, 0.6) is 0 Å². The van der Waals surface area contributed by atoms with Gasteiger partial charge in [0.15, 0.2) is 12.2 Å². The molecule has 0 saturated heterocycles. The van der Waals surface area contributed by atoms with Crippen LogP contribution in [0, 0.1) is 11.8 Å². The van der Waals surface area contributed by atoms with E-state index in [9.17, 15) is 43.2 Å². The van der Waals surface area contributed by atoms with Gasteiger partial charge in [-0.15, -0.1) is 0 Å². The molecule has 0 radical (unpaired) electrons. The van der Waals surface area contributed by atoms with Gasteiger partial charge in [0.2, 0.25) is 0 Å². The number of unbranched alkanes of at least 4 members (excludes halogenated alkanes) is 55. The highest BCUT2D eigenvalue weighted by Crippen LogP contribution is 2.45. The highest BCUT2D eigenvalue weighted by atomic mass is 31.2. The van der Waals surface area contributed by atoms with Crippen LogP contribution >= 0.6 is 15.6 Å². The van der Waals surface area contributed by atoms with Crippen molar-refractivity contribution in [3.8, 4) is 0 Å². The molecule has 0 aromatic rings. The average Bonchev–Trinajstić information content (AvgIpc) is 1.08. The molecule has 0 spiro atoms. The van der Waals surface area contributed by atoms with Crippen molar-refractivity contribution in [3.05, 3.63) is 0 Å². The Balaban J connectivity index is 5.21. The third-order valence-electron chi connectivity index (χ3n) is 20.2. The molecular formula is C86H168O17P2. The molecule has 0 aromatic carbocycles. The van der Waals surface area contributed by atoms with E-state index >= 15 is 0 Å². The quantitative estimate of drug-likeness (QED) is 0.0222. The largest absolute Gasteiger partial charge is 0.472 e. The van der Waals surface area contributed by atoms with Crippen molar-refractivity contribution >= 4 is 39.5 Å². The first-order chi connectivity index (χ1) is 50.9. The van der Waals surface area contributed by atoms with Crippen LogP contribution in [0.1, 0.15) is 459 Å². The van der Waals surface area contributed by atoms with E-state index in [0.717, 1.165) is 102 Å². The van der Waals surface area contributed by atoms with Crippen molar-refractivity contribution < 1.29 is 80.2 Å². The van der Waals surface area contributed by atoms with E-state index in [1.165, 1.54) is 270 Å². The lowest BCUT2D eigenvalue weighted by molar-refractivity contribution is -0.161. The third kappa shape index (κ3) is 79.9. The minimum Gasteiger partial charge on any atom is -0.462 e. The number of carbonyl (C=O) groups excluding carboxylic acids is 4. The summed E-state index contributed by atoms with van der Waals surface area (Å²) in [4.78, 5) is 73.2. The Hall–Kier alpha value is -1.94. The molecule has 17 nitrogen and oxygen atoms in total. The van der Waals surface area contributed by atoms with Crippen LogP contribution in [-0.4, -0.2) is 96.7 Å². The van der Waals surface area contributed by atoms with Crippen LogP contribution in [0.15, 0.2) is 0 Å². The second-order valence-electron chi connectivity index (χ2n) is 31.9. The SMILES string of the molecule is CCCCCCCCCCCCCCCCCCCCCCCCC(=O)O[C@H](COC(=O)CCCCCCCCCCCCCCCCCCC(C)C)COP(=O)(O)OC[C@@H](O)COP(=O)(O)OC[C@@H](COC(=O)CCCCCCCCCC(C)C)OC(=O)CCCCCCCCCCCCCCCC. The van der Waals surface area contributed by atoms with E-state index in [1.807, 2.05) is 0 Å². The lowest BCUT2D eigenvalue weighted by Gasteiger charge is -2.21. The molecule has 19 heteroatoms. The lowest BCUT2D eigenvalue weighted by Crippen LogP contribution is -2.30. The van der Waals surface area contributed by atoms with Crippen molar-refractivity contribution in [3.63, 3.8) is 0 Å². The fourth-order valence-electron chi connectivity index (χ4n) is 13.4. The Morgan fingerprint density at radius 2 is 0.438 bits per heavy atom. The zero-order chi connectivity index (χ0) is 77.1. The third-order valence-corrected chi connectivity index (χ3v) is 22.1. The number of rotatable bonds is 85. The van der Waals surface area contributed by atoms with E-state index in [-0.39, 0.29) is 25.7 Å². The first kappa shape index (κ1) is 103. The summed E-state index contributed by atoms with van der Waals surface area (Å²) in [5.74, 6) is -0.586. The highest BCUT2D eigenvalue weighted by Gasteiger charge is 2.30. The van der Waals surface area contributed by atoms with Gasteiger partial charge in [-0.3, -0.25) is 37.3 Å². The molecule has 0 saturated carbocycles. The van der Waals surface area contributed by atoms with Crippen LogP contribution in [0.25, 0.3) is 0 Å². The number of ether oxygens (including phenoxy) is 4. The summed E-state index contributed by atoms with van der Waals surface area (Å²) in [7, 11) is -9.93. The standard InChI is InChI=1S/C86H168O17P2/c1-7-9-11-13-15-17-19-21-23-24-25-26-27-28-29-34-38-42-46-52-59-65-71-85(90)102-81(74-96-83(88)68-62-56-50-44-40-37-33-31-30-32-35-39-43-48-54-60-66-78(3)4)76-100-104(92,93)98-72-80(87)73-99-105(94,95)101-77-82(75-97-84(89)69-63-57-53-47-49-55-61-67-79(5)6)103-86(91)70-64-58-51-45-41-36-22-20-18-16-14-12-10-8-2/h78-82,87H,7-77H2,1-6H3,(H,92,93)(H,94,95)/t80-,81-,82-/m1/s1. The number of phosphoric acid groups is 2. The number of aliphatic hydroxyl groups is 1. The molecule has 105 heavy (non-hydrogen) atoms. The molecule has 0 aliphatic rings. The maximum atomic E-state index is 13.1. The van der Waals surface area contributed by atoms with Crippen LogP contribution in [0.2, 0.25) is 0 Å². The molecule has 624 valence electrons. The Bertz CT molecular complexity index is 2010. The summed E-state index contributed by atoms with van der Waals surface area (Å²) in [5, 5.41) is 10.7. The summed E-state index contributed by atoms with van der Waals surface area (Å²) in [5.41, 5.74) is 0. The monoisotopic (exact) mass is 1540 g/mol. The Kier molecular flexibility index (Phi) is 76.0. The molecule has 0 aliphatic carbocycles. The maximum absolute atomic E-state index is 13.1. The van der Waals surface area contributed by atoms with Gasteiger partial charge in [0.25, 0.3) is 0 Å². The molecule has 0 heterocycles. The maximum Gasteiger partial charge on any atom is 0.472 e. The van der Waals surface area contributed by atoms with E-state index in [4.69, 9.17) is 37.0 Å². The van der Waals surface area contributed by atoms with Crippen LogP contribution < -0.4 is 0 Å². The number of carbonyl (C=O) groups is 4. The number of aliphatic hydroxyl groups excluding tert-OH is 1. The average molecular weight is 1540 g/mol. The molecule has 0 bridgehead atoms. The number of phosphoric ester groups is 2. The van der Waals surface area contributed by atoms with Gasteiger partial charge in [-0.05, 0) is 37.5 Å². The van der Waals surface area contributed by atoms with E-state index in [2.05, 4.69) is 41.5 Å². The summed E-state index contributed by atoms with van der Waals surface area (Å²) >= 11 is 0. The predicted octanol–water partition coefficient (Wildman–Crippen LogP) is 26.2. The van der Waals surface area contributed by atoms with Crippen LogP contribution in [0.3, 0.4) is 0 Å². The van der Waals surface area contributed by atoms with Gasteiger partial charge in [-0.2, -0.15) is 0 Å². The second-order valence-corrected chi connectivity index (χ2v) is 34.8. The summed E-state index contributed by atoms with van der Waals surface area (Å²) in [6, 6.07) is 0. The molecule has 0 aromatic heterocycles. The summed E-state index contributed by atoms with van der Waals surface area (Å²) < 4.78 is 68.9. The number of hydrogen-bond acceptors (Lipinski definition) is 15. The van der Waals surface area contributed by atoms with Gasteiger partial charge >= 0.3 is 39.5 Å². The van der Waals surface area contributed by atoms with E-state index < -0.39 is 97.5 Å². The molecule has 2 unspecified atom stereocenters. The fraction of sp³-hybridized carbons (Fsp3) is 0.953. The smallest absolute Gasteiger partial charge is 0.462 e. The molecule has 5 atom stereocenters. The Labute approximate surface area is 645 Å². The van der Waals surface area contributed by atoms with Crippen LogP contribution in [0.4, 0.5) is 0 Å². The first-order valence-electron chi connectivity index (χ1n) is 44.5. The molecular weight excluding hydrogens is 1370 g/mol. The van der Waals surface area contributed by atoms with Gasteiger partial charge in [0.05, 0.1) is 26.4 Å². The Morgan fingerprint density at radius 1 is 0.257 bits per heavy atom. The Morgan fingerprint density at radius 3 is 0.648 bits per heavy atom.